The van der Waals surface area contributed by atoms with Gasteiger partial charge < -0.3 is 15.3 Å². The summed E-state index contributed by atoms with van der Waals surface area (Å²) in [5.41, 5.74) is 0.0705. The molecule has 0 rings (SSSR count). The van der Waals surface area contributed by atoms with E-state index >= 15 is 0 Å². The number of aliphatic hydroxyl groups excluding tert-OH is 1. The molecule has 0 amide bonds. The predicted molar refractivity (Wildman–Crippen MR) is 57.0 cm³/mol. The van der Waals surface area contributed by atoms with Gasteiger partial charge in [0.2, 0.25) is 0 Å². The molecule has 0 atom stereocenters. The summed E-state index contributed by atoms with van der Waals surface area (Å²) >= 11 is 0. The Bertz CT molecular complexity index is 124. The van der Waals surface area contributed by atoms with Gasteiger partial charge in [-0.25, -0.2) is 0 Å². The van der Waals surface area contributed by atoms with Crippen LogP contribution >= 0.6 is 0 Å². The van der Waals surface area contributed by atoms with Crippen molar-refractivity contribution in [1.82, 2.24) is 10.2 Å². The quantitative estimate of drug-likeness (QED) is 0.577. The minimum Gasteiger partial charge on any atom is -0.396 e. The number of nitrogens with one attached hydrogen (secondary N) is 1. The summed E-state index contributed by atoms with van der Waals surface area (Å²) in [5, 5.41) is 12.2. The van der Waals surface area contributed by atoms with Gasteiger partial charge in [-0.1, -0.05) is 0 Å². The molecule has 0 spiro atoms. The molecule has 13 heavy (non-hydrogen) atoms. The first-order valence-corrected chi connectivity index (χ1v) is 4.98. The molecule has 0 aromatic carbocycles. The molecule has 0 unspecified atom stereocenters. The van der Waals surface area contributed by atoms with Crippen LogP contribution in [0.2, 0.25) is 0 Å². The molecule has 2 N–H and O–H groups in total. The van der Waals surface area contributed by atoms with Crippen molar-refractivity contribution < 1.29 is 5.11 Å². The summed E-state index contributed by atoms with van der Waals surface area (Å²) in [4.78, 5) is 2.18. The Labute approximate surface area is 82.1 Å². The first kappa shape index (κ1) is 12.9. The van der Waals surface area contributed by atoms with Gasteiger partial charge in [-0.15, -0.1) is 0 Å². The highest BCUT2D eigenvalue weighted by molar-refractivity contribution is 4.76. The molecule has 0 aromatic rings. The average Bonchev–Trinajstić information content (AvgIpc) is 1.98. The molecule has 0 fully saturated rings. The third-order valence-electron chi connectivity index (χ3n) is 2.12. The van der Waals surface area contributed by atoms with Crippen molar-refractivity contribution in [3.8, 4) is 0 Å². The molecule has 0 aliphatic rings. The molecule has 3 nitrogen and oxygen atoms in total. The Balaban J connectivity index is 3.40. The van der Waals surface area contributed by atoms with Crippen molar-refractivity contribution in [2.45, 2.75) is 32.2 Å². The largest absolute Gasteiger partial charge is 0.396 e. The molecular weight excluding hydrogens is 164 g/mol. The standard InChI is InChI=1S/C10H24N2O/c1-10(2,6-9-13)11-7-5-8-12(3)4/h11,13H,5-9H2,1-4H3. The zero-order valence-corrected chi connectivity index (χ0v) is 9.43. The zero-order valence-electron chi connectivity index (χ0n) is 9.43. The Morgan fingerprint density at radius 1 is 1.31 bits per heavy atom. The second kappa shape index (κ2) is 6.35. The Kier molecular flexibility index (Phi) is 6.29. The SMILES string of the molecule is CN(C)CCCNC(C)(C)CCO. The highest BCUT2D eigenvalue weighted by Crippen LogP contribution is 2.06. The Morgan fingerprint density at radius 3 is 2.38 bits per heavy atom. The van der Waals surface area contributed by atoms with Crippen molar-refractivity contribution in [2.24, 2.45) is 0 Å². The maximum absolute atomic E-state index is 8.80. The van der Waals surface area contributed by atoms with Gasteiger partial charge in [0.15, 0.2) is 0 Å². The topological polar surface area (TPSA) is 35.5 Å². The van der Waals surface area contributed by atoms with Crippen LogP contribution in [-0.2, 0) is 0 Å². The van der Waals surface area contributed by atoms with E-state index in [1.54, 1.807) is 0 Å². The molecule has 0 aromatic heterocycles. The highest BCUT2D eigenvalue weighted by Gasteiger charge is 2.14. The molecule has 0 aliphatic heterocycles. The normalized spacial score (nSPS) is 12.5. The van der Waals surface area contributed by atoms with Crippen molar-refractivity contribution in [2.75, 3.05) is 33.8 Å². The lowest BCUT2D eigenvalue weighted by Crippen LogP contribution is -2.41. The lowest BCUT2D eigenvalue weighted by atomic mass is 10.0. The van der Waals surface area contributed by atoms with Gasteiger partial charge >= 0.3 is 0 Å². The van der Waals surface area contributed by atoms with E-state index in [9.17, 15) is 0 Å². The molecule has 0 saturated carbocycles. The monoisotopic (exact) mass is 188 g/mol. The van der Waals surface area contributed by atoms with Crippen LogP contribution in [-0.4, -0.2) is 49.3 Å². The van der Waals surface area contributed by atoms with E-state index in [4.69, 9.17) is 5.11 Å². The van der Waals surface area contributed by atoms with E-state index in [2.05, 4.69) is 38.2 Å². The Hall–Kier alpha value is -0.120. The fourth-order valence-corrected chi connectivity index (χ4v) is 1.19. The number of hydrogen-bond donors (Lipinski definition) is 2. The maximum Gasteiger partial charge on any atom is 0.0448 e. The van der Waals surface area contributed by atoms with Crippen LogP contribution in [0.4, 0.5) is 0 Å². The van der Waals surface area contributed by atoms with Crippen LogP contribution in [0.1, 0.15) is 26.7 Å². The number of aliphatic hydroxyl groups is 1. The summed E-state index contributed by atoms with van der Waals surface area (Å²) in [5.74, 6) is 0. The molecule has 0 saturated heterocycles. The van der Waals surface area contributed by atoms with Gasteiger partial charge in [0.05, 0.1) is 0 Å². The zero-order chi connectivity index (χ0) is 10.3. The number of nitrogens with zero attached hydrogens (tertiary/aromatic N) is 1. The molecule has 0 bridgehead atoms. The summed E-state index contributed by atoms with van der Waals surface area (Å²) in [6.45, 7) is 6.64. The first-order valence-electron chi connectivity index (χ1n) is 4.98. The smallest absolute Gasteiger partial charge is 0.0448 e. The van der Waals surface area contributed by atoms with Gasteiger partial charge in [0.1, 0.15) is 0 Å². The van der Waals surface area contributed by atoms with E-state index in [1.165, 1.54) is 0 Å². The second-order valence-corrected chi connectivity index (χ2v) is 4.44. The van der Waals surface area contributed by atoms with Crippen molar-refractivity contribution in [1.29, 1.82) is 0 Å². The van der Waals surface area contributed by atoms with Gasteiger partial charge in [-0.2, -0.15) is 0 Å². The minimum atomic E-state index is 0.0705. The Morgan fingerprint density at radius 2 is 1.92 bits per heavy atom. The third-order valence-corrected chi connectivity index (χ3v) is 2.12. The second-order valence-electron chi connectivity index (χ2n) is 4.44. The summed E-state index contributed by atoms with van der Waals surface area (Å²) in [7, 11) is 4.16. The lowest BCUT2D eigenvalue weighted by molar-refractivity contribution is 0.229. The van der Waals surface area contributed by atoms with E-state index in [0.717, 1.165) is 25.9 Å². The molecule has 0 aliphatic carbocycles. The summed E-state index contributed by atoms with van der Waals surface area (Å²) < 4.78 is 0. The molecule has 0 radical (unpaired) electrons. The van der Waals surface area contributed by atoms with Crippen LogP contribution in [0, 0.1) is 0 Å². The van der Waals surface area contributed by atoms with E-state index in [1.807, 2.05) is 0 Å². The first-order chi connectivity index (χ1) is 5.98. The van der Waals surface area contributed by atoms with Crippen LogP contribution in [0.5, 0.6) is 0 Å². The highest BCUT2D eigenvalue weighted by atomic mass is 16.3. The van der Waals surface area contributed by atoms with Crippen LogP contribution in [0.3, 0.4) is 0 Å². The molecular formula is C10H24N2O. The van der Waals surface area contributed by atoms with E-state index < -0.39 is 0 Å². The minimum absolute atomic E-state index is 0.0705. The maximum atomic E-state index is 8.80. The average molecular weight is 188 g/mol. The summed E-state index contributed by atoms with van der Waals surface area (Å²) in [6, 6.07) is 0. The third kappa shape index (κ3) is 8.22. The van der Waals surface area contributed by atoms with Crippen molar-refractivity contribution in [3.05, 3.63) is 0 Å². The van der Waals surface area contributed by atoms with E-state index in [-0.39, 0.29) is 12.1 Å². The van der Waals surface area contributed by atoms with Crippen molar-refractivity contribution in [3.63, 3.8) is 0 Å². The fourth-order valence-electron chi connectivity index (χ4n) is 1.19. The molecule has 3 heteroatoms. The number of rotatable bonds is 7. The van der Waals surface area contributed by atoms with Gasteiger partial charge in [0.25, 0.3) is 0 Å². The lowest BCUT2D eigenvalue weighted by Gasteiger charge is -2.25. The molecule has 0 heterocycles. The van der Waals surface area contributed by atoms with E-state index in [0.29, 0.717) is 0 Å². The summed E-state index contributed by atoms with van der Waals surface area (Å²) in [6.07, 6.45) is 1.97. The van der Waals surface area contributed by atoms with Crippen molar-refractivity contribution >= 4 is 0 Å². The van der Waals surface area contributed by atoms with Crippen LogP contribution in [0.25, 0.3) is 0 Å². The number of hydrogen-bond acceptors (Lipinski definition) is 3. The predicted octanol–water partition coefficient (Wildman–Crippen LogP) is 0.689. The van der Waals surface area contributed by atoms with Crippen LogP contribution < -0.4 is 5.32 Å². The van der Waals surface area contributed by atoms with Gasteiger partial charge in [0, 0.05) is 12.1 Å². The van der Waals surface area contributed by atoms with Gasteiger partial charge in [-0.3, -0.25) is 0 Å². The molecule has 80 valence electrons. The van der Waals surface area contributed by atoms with Crippen LogP contribution in [0.15, 0.2) is 0 Å². The van der Waals surface area contributed by atoms with Gasteiger partial charge in [-0.05, 0) is 53.9 Å². The fraction of sp³-hybridized carbons (Fsp3) is 1.00.